The number of hydrogen-bond donors (Lipinski definition) is 0. The summed E-state index contributed by atoms with van der Waals surface area (Å²) in [6.45, 7) is 3.37. The summed E-state index contributed by atoms with van der Waals surface area (Å²) in [5.74, 6) is -0.241. The van der Waals surface area contributed by atoms with Gasteiger partial charge in [-0.15, -0.1) is 0 Å². The average molecular weight is 606 g/mol. The number of imide groups is 1. The molecule has 1 fully saturated rings. The Morgan fingerprint density at radius 3 is 2.71 bits per heavy atom. The standard InChI is InChI=1S/C25H23IN2O6S/c1-4-15(2)34-22(29)13-28-24(30)21(35-25(28)31)11-16-9-19(26)23(20(10-16)32-3)33-14-18-8-6-5-7-17(18)12-27/h5-11,15H,4,13-14H2,1-3H3/b21-11+/t15-/m0/s1. The quantitative estimate of drug-likeness (QED) is 0.220. The molecule has 0 saturated carbocycles. The van der Waals surface area contributed by atoms with Gasteiger partial charge >= 0.3 is 5.97 Å². The molecule has 35 heavy (non-hydrogen) atoms. The predicted octanol–water partition coefficient (Wildman–Crippen LogP) is 5.13. The van der Waals surface area contributed by atoms with Crippen molar-refractivity contribution in [2.24, 2.45) is 0 Å². The lowest BCUT2D eigenvalue weighted by Crippen LogP contribution is -2.35. The van der Waals surface area contributed by atoms with Gasteiger partial charge in [0.2, 0.25) is 0 Å². The van der Waals surface area contributed by atoms with Gasteiger partial charge in [0.05, 0.1) is 33.3 Å². The molecule has 182 valence electrons. The number of nitriles is 1. The number of carbonyl (C=O) groups is 3. The van der Waals surface area contributed by atoms with Crippen LogP contribution >= 0.6 is 34.4 Å². The maximum atomic E-state index is 12.8. The smallest absolute Gasteiger partial charge is 0.326 e. The summed E-state index contributed by atoms with van der Waals surface area (Å²) in [6, 6.07) is 12.8. The van der Waals surface area contributed by atoms with E-state index < -0.39 is 23.7 Å². The minimum absolute atomic E-state index is 0.182. The second-order valence-electron chi connectivity index (χ2n) is 7.57. The number of nitrogens with zero attached hydrogens (tertiary/aromatic N) is 2. The highest BCUT2D eigenvalue weighted by molar-refractivity contribution is 14.1. The van der Waals surface area contributed by atoms with Crippen molar-refractivity contribution in [3.8, 4) is 17.6 Å². The van der Waals surface area contributed by atoms with Gasteiger partial charge in [-0.3, -0.25) is 19.3 Å². The number of benzene rings is 2. The summed E-state index contributed by atoms with van der Waals surface area (Å²) in [5.41, 5.74) is 1.91. The fourth-order valence-corrected chi connectivity index (χ4v) is 4.75. The van der Waals surface area contributed by atoms with Crippen LogP contribution in [0.25, 0.3) is 6.08 Å². The molecule has 1 aliphatic heterocycles. The highest BCUT2D eigenvalue weighted by Gasteiger charge is 2.37. The summed E-state index contributed by atoms with van der Waals surface area (Å²) < 4.78 is 17.4. The van der Waals surface area contributed by atoms with E-state index in [1.54, 1.807) is 37.3 Å². The van der Waals surface area contributed by atoms with Crippen molar-refractivity contribution in [3.63, 3.8) is 0 Å². The van der Waals surface area contributed by atoms with E-state index in [1.165, 1.54) is 7.11 Å². The van der Waals surface area contributed by atoms with Gasteiger partial charge in [0.1, 0.15) is 13.2 Å². The summed E-state index contributed by atoms with van der Waals surface area (Å²) in [4.78, 5) is 38.2. The molecule has 2 aromatic carbocycles. The van der Waals surface area contributed by atoms with Crippen LogP contribution in [0, 0.1) is 14.9 Å². The lowest BCUT2D eigenvalue weighted by Gasteiger charge is -2.15. The van der Waals surface area contributed by atoms with Crippen LogP contribution in [-0.2, 0) is 20.9 Å². The molecule has 0 bridgehead atoms. The molecule has 0 unspecified atom stereocenters. The molecule has 2 amide bonds. The molecular formula is C25H23IN2O6S. The number of amides is 2. The maximum absolute atomic E-state index is 12.8. The van der Waals surface area contributed by atoms with Crippen LogP contribution in [0.2, 0.25) is 0 Å². The number of rotatable bonds is 9. The third-order valence-electron chi connectivity index (χ3n) is 5.13. The fraction of sp³-hybridized carbons (Fsp3) is 0.280. The second kappa shape index (κ2) is 12.1. The Kier molecular flexibility index (Phi) is 9.17. The van der Waals surface area contributed by atoms with E-state index in [0.717, 1.165) is 25.8 Å². The SMILES string of the molecule is CC[C@H](C)OC(=O)CN1C(=O)S/C(=C/c2cc(I)c(OCc3ccccc3C#N)c(OC)c2)C1=O. The zero-order chi connectivity index (χ0) is 25.5. The Balaban J connectivity index is 1.78. The monoisotopic (exact) mass is 606 g/mol. The van der Waals surface area contributed by atoms with Crippen LogP contribution in [0.4, 0.5) is 4.79 Å². The molecular weight excluding hydrogens is 583 g/mol. The normalized spacial score (nSPS) is 15.2. The van der Waals surface area contributed by atoms with Crippen molar-refractivity contribution in [2.45, 2.75) is 33.0 Å². The second-order valence-corrected chi connectivity index (χ2v) is 9.72. The Bertz CT molecular complexity index is 1220. The maximum Gasteiger partial charge on any atom is 0.326 e. The Morgan fingerprint density at radius 2 is 2.03 bits per heavy atom. The van der Waals surface area contributed by atoms with Crippen LogP contribution in [0.1, 0.15) is 37.0 Å². The van der Waals surface area contributed by atoms with Crippen molar-refractivity contribution in [1.82, 2.24) is 4.90 Å². The highest BCUT2D eigenvalue weighted by Crippen LogP contribution is 2.37. The van der Waals surface area contributed by atoms with Gasteiger partial charge < -0.3 is 14.2 Å². The number of ether oxygens (including phenoxy) is 3. The first-order chi connectivity index (χ1) is 16.8. The zero-order valence-corrected chi connectivity index (χ0v) is 22.3. The van der Waals surface area contributed by atoms with Crippen LogP contribution in [0.5, 0.6) is 11.5 Å². The van der Waals surface area contributed by atoms with E-state index in [1.807, 2.05) is 19.1 Å². The van der Waals surface area contributed by atoms with Crippen molar-refractivity contribution >= 4 is 57.5 Å². The predicted molar refractivity (Wildman–Crippen MR) is 140 cm³/mol. The first kappa shape index (κ1) is 26.6. The van der Waals surface area contributed by atoms with Gasteiger partial charge in [0.25, 0.3) is 11.1 Å². The third kappa shape index (κ3) is 6.55. The zero-order valence-electron chi connectivity index (χ0n) is 19.4. The molecule has 3 rings (SSSR count). The number of halogens is 1. The van der Waals surface area contributed by atoms with Gasteiger partial charge in [0.15, 0.2) is 11.5 Å². The van der Waals surface area contributed by atoms with Crippen molar-refractivity contribution in [1.29, 1.82) is 5.26 Å². The largest absolute Gasteiger partial charge is 0.493 e. The Labute approximate surface area is 221 Å². The summed E-state index contributed by atoms with van der Waals surface area (Å²) >= 11 is 2.86. The number of esters is 1. The van der Waals surface area contributed by atoms with Crippen molar-refractivity contribution in [2.75, 3.05) is 13.7 Å². The lowest BCUT2D eigenvalue weighted by molar-refractivity contribution is -0.150. The van der Waals surface area contributed by atoms with E-state index >= 15 is 0 Å². The van der Waals surface area contributed by atoms with Gasteiger partial charge in [-0.1, -0.05) is 25.1 Å². The van der Waals surface area contributed by atoms with Crippen molar-refractivity contribution < 1.29 is 28.6 Å². The van der Waals surface area contributed by atoms with Gasteiger partial charge in [-0.25, -0.2) is 0 Å². The first-order valence-electron chi connectivity index (χ1n) is 10.7. The van der Waals surface area contributed by atoms with Gasteiger partial charge in [-0.2, -0.15) is 5.26 Å². The molecule has 1 saturated heterocycles. The number of thioether (sulfide) groups is 1. The van der Waals surface area contributed by atoms with Crippen LogP contribution < -0.4 is 9.47 Å². The molecule has 1 aliphatic rings. The number of carbonyl (C=O) groups excluding carboxylic acids is 3. The van der Waals surface area contributed by atoms with E-state index in [2.05, 4.69) is 28.7 Å². The summed E-state index contributed by atoms with van der Waals surface area (Å²) in [6.07, 6.45) is 1.92. The van der Waals surface area contributed by atoms with E-state index in [4.69, 9.17) is 14.2 Å². The van der Waals surface area contributed by atoms with Crippen molar-refractivity contribution in [3.05, 3.63) is 61.6 Å². The van der Waals surface area contributed by atoms with Gasteiger partial charge in [0, 0.05) is 5.56 Å². The Hall–Kier alpha value is -3.04. The third-order valence-corrected chi connectivity index (χ3v) is 6.84. The number of methoxy groups -OCH3 is 1. The molecule has 0 N–H and O–H groups in total. The summed E-state index contributed by atoms with van der Waals surface area (Å²) in [5, 5.41) is 8.75. The van der Waals surface area contributed by atoms with Crippen LogP contribution in [0.15, 0.2) is 41.3 Å². The molecule has 0 radical (unpaired) electrons. The molecule has 1 heterocycles. The molecule has 2 aromatic rings. The highest BCUT2D eigenvalue weighted by atomic mass is 127. The molecule has 0 spiro atoms. The van der Waals surface area contributed by atoms with E-state index in [-0.39, 0.29) is 17.6 Å². The molecule has 0 aliphatic carbocycles. The van der Waals surface area contributed by atoms with Crippen LogP contribution in [0.3, 0.4) is 0 Å². The average Bonchev–Trinajstić information content (AvgIpc) is 3.10. The number of hydrogen-bond acceptors (Lipinski definition) is 8. The first-order valence-corrected chi connectivity index (χ1v) is 12.6. The lowest BCUT2D eigenvalue weighted by atomic mass is 10.1. The fourth-order valence-electron chi connectivity index (χ4n) is 3.13. The Morgan fingerprint density at radius 1 is 1.29 bits per heavy atom. The topological polar surface area (TPSA) is 106 Å². The van der Waals surface area contributed by atoms with E-state index in [9.17, 15) is 19.6 Å². The molecule has 10 heteroatoms. The van der Waals surface area contributed by atoms with E-state index in [0.29, 0.717) is 29.0 Å². The minimum Gasteiger partial charge on any atom is -0.493 e. The summed E-state index contributed by atoms with van der Waals surface area (Å²) in [7, 11) is 1.50. The molecule has 0 aromatic heterocycles. The minimum atomic E-state index is -0.626. The van der Waals surface area contributed by atoms with Gasteiger partial charge in [-0.05, 0) is 77.5 Å². The molecule has 1 atom stereocenters. The molecule has 8 nitrogen and oxygen atoms in total. The van der Waals surface area contributed by atoms with Crippen LogP contribution in [-0.4, -0.2) is 41.8 Å².